The van der Waals surface area contributed by atoms with Gasteiger partial charge >= 0.3 is 0 Å². The Bertz CT molecular complexity index is 820. The van der Waals surface area contributed by atoms with Crippen molar-refractivity contribution in [1.82, 2.24) is 14.7 Å². The molecule has 2 aromatic rings. The zero-order valence-electron chi connectivity index (χ0n) is 12.5. The van der Waals surface area contributed by atoms with Gasteiger partial charge in [-0.1, -0.05) is 17.7 Å². The van der Waals surface area contributed by atoms with Crippen LogP contribution in [0.15, 0.2) is 23.1 Å². The number of benzene rings is 1. The van der Waals surface area contributed by atoms with E-state index in [1.54, 1.807) is 19.1 Å². The Hall–Kier alpha value is -1.71. The SMILES string of the molecule is CC(=O)NCCc1nsc(NS(=O)(=O)c2cccc(Cl)c2C)n1. The maximum atomic E-state index is 12.4. The smallest absolute Gasteiger partial charge is 0.264 e. The van der Waals surface area contributed by atoms with Crippen molar-refractivity contribution in [3.8, 4) is 0 Å². The molecule has 0 saturated carbocycles. The quantitative estimate of drug-likeness (QED) is 0.805. The molecule has 1 aromatic heterocycles. The van der Waals surface area contributed by atoms with Gasteiger partial charge in [0.15, 0.2) is 0 Å². The third kappa shape index (κ3) is 4.63. The first-order valence-corrected chi connectivity index (χ1v) is 9.28. The highest BCUT2D eigenvalue weighted by Crippen LogP contribution is 2.25. The number of carbonyl (C=O) groups is 1. The van der Waals surface area contributed by atoms with E-state index in [0.29, 0.717) is 29.4 Å². The van der Waals surface area contributed by atoms with E-state index in [2.05, 4.69) is 19.4 Å². The zero-order chi connectivity index (χ0) is 17.0. The van der Waals surface area contributed by atoms with E-state index in [4.69, 9.17) is 11.6 Å². The molecular formula is C13H15ClN4O3S2. The van der Waals surface area contributed by atoms with E-state index < -0.39 is 10.0 Å². The Morgan fingerprint density at radius 3 is 2.83 bits per heavy atom. The zero-order valence-corrected chi connectivity index (χ0v) is 14.8. The van der Waals surface area contributed by atoms with E-state index in [1.165, 1.54) is 13.0 Å². The van der Waals surface area contributed by atoms with E-state index >= 15 is 0 Å². The molecule has 0 atom stereocenters. The third-order valence-electron chi connectivity index (χ3n) is 2.92. The minimum absolute atomic E-state index is 0.0972. The van der Waals surface area contributed by atoms with Gasteiger partial charge in [0.05, 0.1) is 4.90 Å². The maximum absolute atomic E-state index is 12.4. The minimum Gasteiger partial charge on any atom is -0.356 e. The number of nitrogens with zero attached hydrogens (tertiary/aromatic N) is 2. The summed E-state index contributed by atoms with van der Waals surface area (Å²) in [5.41, 5.74) is 0.470. The number of hydrogen-bond donors (Lipinski definition) is 2. The molecule has 1 amide bonds. The van der Waals surface area contributed by atoms with Crippen LogP contribution in [-0.2, 0) is 21.2 Å². The Balaban J connectivity index is 2.11. The highest BCUT2D eigenvalue weighted by Gasteiger charge is 2.20. The fourth-order valence-corrected chi connectivity index (χ4v) is 4.13. The average Bonchev–Trinajstić information content (AvgIpc) is 2.88. The van der Waals surface area contributed by atoms with Gasteiger partial charge in [0.2, 0.25) is 11.0 Å². The van der Waals surface area contributed by atoms with Crippen LogP contribution in [0.1, 0.15) is 18.3 Å². The Morgan fingerprint density at radius 2 is 2.13 bits per heavy atom. The van der Waals surface area contributed by atoms with Crippen LogP contribution < -0.4 is 10.0 Å². The minimum atomic E-state index is -3.78. The predicted molar refractivity (Wildman–Crippen MR) is 89.3 cm³/mol. The fourth-order valence-electron chi connectivity index (χ4n) is 1.80. The largest absolute Gasteiger partial charge is 0.356 e. The van der Waals surface area contributed by atoms with Gasteiger partial charge < -0.3 is 5.32 Å². The molecule has 0 radical (unpaired) electrons. The van der Waals surface area contributed by atoms with Crippen LogP contribution in [0.25, 0.3) is 0 Å². The summed E-state index contributed by atoms with van der Waals surface area (Å²) >= 11 is 6.90. The first kappa shape index (κ1) is 17.6. The number of aromatic nitrogens is 2. The second-order valence-corrected chi connectivity index (χ2v) is 7.53. The predicted octanol–water partition coefficient (Wildman–Crippen LogP) is 1.98. The number of rotatable bonds is 6. The molecular weight excluding hydrogens is 360 g/mol. The Morgan fingerprint density at radius 1 is 1.39 bits per heavy atom. The molecule has 0 aliphatic heterocycles. The molecule has 0 fully saturated rings. The topological polar surface area (TPSA) is 101 Å². The molecule has 2 rings (SSSR count). The molecule has 0 spiro atoms. The van der Waals surface area contributed by atoms with Gasteiger partial charge in [0.1, 0.15) is 5.82 Å². The van der Waals surface area contributed by atoms with Crippen LogP contribution in [0.4, 0.5) is 5.13 Å². The highest BCUT2D eigenvalue weighted by molar-refractivity contribution is 7.93. The summed E-state index contributed by atoms with van der Waals surface area (Å²) < 4.78 is 31.2. The number of sulfonamides is 1. The van der Waals surface area contributed by atoms with Gasteiger partial charge in [0.25, 0.3) is 10.0 Å². The van der Waals surface area contributed by atoms with Crippen molar-refractivity contribution in [2.45, 2.75) is 25.2 Å². The van der Waals surface area contributed by atoms with Gasteiger partial charge in [-0.3, -0.25) is 9.52 Å². The van der Waals surface area contributed by atoms with E-state index in [9.17, 15) is 13.2 Å². The summed E-state index contributed by atoms with van der Waals surface area (Å²) in [6.45, 7) is 3.45. The summed E-state index contributed by atoms with van der Waals surface area (Å²) in [4.78, 5) is 15.0. The molecule has 124 valence electrons. The van der Waals surface area contributed by atoms with Crippen molar-refractivity contribution in [3.63, 3.8) is 0 Å². The fraction of sp³-hybridized carbons (Fsp3) is 0.308. The molecule has 7 nitrogen and oxygen atoms in total. The van der Waals surface area contributed by atoms with Gasteiger partial charge in [-0.05, 0) is 24.6 Å². The lowest BCUT2D eigenvalue weighted by atomic mass is 10.2. The molecule has 0 aliphatic carbocycles. The molecule has 1 heterocycles. The average molecular weight is 375 g/mol. The lowest BCUT2D eigenvalue weighted by Crippen LogP contribution is -2.22. The van der Waals surface area contributed by atoms with E-state index in [-0.39, 0.29) is 15.9 Å². The van der Waals surface area contributed by atoms with Crippen molar-refractivity contribution in [2.24, 2.45) is 0 Å². The highest BCUT2D eigenvalue weighted by atomic mass is 35.5. The number of nitrogens with one attached hydrogen (secondary N) is 2. The lowest BCUT2D eigenvalue weighted by Gasteiger charge is -2.08. The summed E-state index contributed by atoms with van der Waals surface area (Å²) in [5.74, 6) is 0.321. The second-order valence-electron chi connectivity index (χ2n) is 4.72. The normalized spacial score (nSPS) is 11.3. The van der Waals surface area contributed by atoms with Crippen molar-refractivity contribution in [1.29, 1.82) is 0 Å². The molecule has 2 N–H and O–H groups in total. The number of hydrogen-bond acceptors (Lipinski definition) is 6. The van der Waals surface area contributed by atoms with Crippen LogP contribution in [0.3, 0.4) is 0 Å². The summed E-state index contributed by atoms with van der Waals surface area (Å²) in [5, 5.41) is 3.17. The third-order valence-corrected chi connectivity index (χ3v) is 5.61. The molecule has 23 heavy (non-hydrogen) atoms. The van der Waals surface area contributed by atoms with Crippen molar-refractivity contribution < 1.29 is 13.2 Å². The van der Waals surface area contributed by atoms with Gasteiger partial charge in [-0.2, -0.15) is 4.37 Å². The molecule has 10 heteroatoms. The van der Waals surface area contributed by atoms with Crippen LogP contribution in [-0.4, -0.2) is 30.2 Å². The number of carbonyl (C=O) groups excluding carboxylic acids is 1. The standard InChI is InChI=1S/C13H15ClN4O3S2/c1-8-10(14)4-3-5-11(8)23(20,21)18-13-16-12(17-22-13)6-7-15-9(2)19/h3-5H,6-7H2,1-2H3,(H,15,19)(H,16,17,18). The maximum Gasteiger partial charge on any atom is 0.264 e. The van der Waals surface area contributed by atoms with E-state index in [1.807, 2.05) is 0 Å². The van der Waals surface area contributed by atoms with Crippen molar-refractivity contribution in [3.05, 3.63) is 34.6 Å². The summed E-state index contributed by atoms with van der Waals surface area (Å²) in [7, 11) is -3.78. The molecule has 1 aromatic carbocycles. The Labute approximate surface area is 143 Å². The van der Waals surface area contributed by atoms with Gasteiger partial charge in [-0.25, -0.2) is 13.4 Å². The number of halogens is 1. The molecule has 0 bridgehead atoms. The summed E-state index contributed by atoms with van der Waals surface area (Å²) in [6, 6.07) is 4.67. The van der Waals surface area contributed by atoms with Crippen LogP contribution in [0.5, 0.6) is 0 Å². The van der Waals surface area contributed by atoms with Crippen molar-refractivity contribution >= 4 is 44.2 Å². The number of amides is 1. The monoisotopic (exact) mass is 374 g/mol. The van der Waals surface area contributed by atoms with Crippen molar-refractivity contribution in [2.75, 3.05) is 11.3 Å². The van der Waals surface area contributed by atoms with Crippen LogP contribution in [0, 0.1) is 6.92 Å². The lowest BCUT2D eigenvalue weighted by molar-refractivity contribution is -0.118. The molecule has 0 saturated heterocycles. The van der Waals surface area contributed by atoms with Crippen LogP contribution in [0.2, 0.25) is 5.02 Å². The first-order valence-electron chi connectivity index (χ1n) is 6.64. The van der Waals surface area contributed by atoms with Gasteiger partial charge in [-0.15, -0.1) is 0 Å². The first-order chi connectivity index (χ1) is 10.8. The van der Waals surface area contributed by atoms with Crippen LogP contribution >= 0.6 is 23.1 Å². The van der Waals surface area contributed by atoms with E-state index in [0.717, 1.165) is 11.5 Å². The second kappa shape index (κ2) is 7.24. The number of anilines is 1. The van der Waals surface area contributed by atoms with Gasteiger partial charge in [0, 0.05) is 36.4 Å². The molecule has 0 aliphatic rings. The molecule has 0 unspecified atom stereocenters. The summed E-state index contributed by atoms with van der Waals surface area (Å²) in [6.07, 6.45) is 0.425. The Kier molecular flexibility index (Phi) is 5.55.